The van der Waals surface area contributed by atoms with E-state index in [9.17, 15) is 19.2 Å². The third kappa shape index (κ3) is 5.13. The molecule has 8 nitrogen and oxygen atoms in total. The summed E-state index contributed by atoms with van der Waals surface area (Å²) in [6, 6.07) is 11.7. The maximum atomic E-state index is 12.4. The number of rotatable bonds is 6. The van der Waals surface area contributed by atoms with Crippen LogP contribution in [0.15, 0.2) is 47.4 Å². The zero-order valence-corrected chi connectivity index (χ0v) is 17.9. The second-order valence-corrected chi connectivity index (χ2v) is 7.50. The van der Waals surface area contributed by atoms with Gasteiger partial charge >= 0.3 is 11.9 Å². The number of carbonyl (C=O) groups is 4. The molecule has 1 heterocycles. The van der Waals surface area contributed by atoms with Crippen LogP contribution in [0.4, 0.5) is 4.79 Å². The molecule has 2 aromatic rings. The number of esters is 2. The van der Waals surface area contributed by atoms with Gasteiger partial charge in [-0.25, -0.2) is 4.79 Å². The van der Waals surface area contributed by atoms with Crippen molar-refractivity contribution < 1.29 is 33.4 Å². The Morgan fingerprint density at radius 1 is 1.03 bits per heavy atom. The molecule has 0 saturated carbocycles. The lowest BCUT2D eigenvalue weighted by Crippen LogP contribution is -2.34. The summed E-state index contributed by atoms with van der Waals surface area (Å²) >= 11 is 0.720. The van der Waals surface area contributed by atoms with Crippen LogP contribution in [0.5, 0.6) is 11.5 Å². The summed E-state index contributed by atoms with van der Waals surface area (Å²) in [5, 5.41) is -0.558. The summed E-state index contributed by atoms with van der Waals surface area (Å²) in [7, 11) is 2.60. The van der Waals surface area contributed by atoms with Crippen LogP contribution in [0, 0.1) is 6.92 Å². The molecular weight excluding hydrogens is 422 g/mol. The minimum Gasteiger partial charge on any atom is -0.493 e. The lowest BCUT2D eigenvalue weighted by molar-refractivity contribution is -0.143. The molecule has 2 amide bonds. The molecule has 0 spiro atoms. The number of hydrogen-bond donors (Lipinski definition) is 0. The topological polar surface area (TPSA) is 99.2 Å². The molecule has 1 aliphatic rings. The van der Waals surface area contributed by atoms with Gasteiger partial charge in [-0.3, -0.25) is 19.3 Å². The highest BCUT2D eigenvalue weighted by Crippen LogP contribution is 2.34. The van der Waals surface area contributed by atoms with Crippen LogP contribution in [0.25, 0.3) is 6.08 Å². The van der Waals surface area contributed by atoms with E-state index < -0.39 is 29.6 Å². The van der Waals surface area contributed by atoms with Crippen molar-refractivity contribution in [2.75, 3.05) is 20.8 Å². The molecule has 1 saturated heterocycles. The summed E-state index contributed by atoms with van der Waals surface area (Å²) in [6.45, 7) is 1.47. The molecule has 9 heteroatoms. The van der Waals surface area contributed by atoms with Gasteiger partial charge in [-0.2, -0.15) is 0 Å². The van der Waals surface area contributed by atoms with E-state index in [4.69, 9.17) is 9.47 Å². The van der Waals surface area contributed by atoms with E-state index in [0.29, 0.717) is 11.1 Å². The second kappa shape index (κ2) is 9.48. The van der Waals surface area contributed by atoms with Gasteiger partial charge in [-0.15, -0.1) is 0 Å². The van der Waals surface area contributed by atoms with Gasteiger partial charge in [-0.05, 0) is 54.6 Å². The molecule has 1 aliphatic heterocycles. The van der Waals surface area contributed by atoms with E-state index in [1.807, 2.05) is 19.1 Å². The number of methoxy groups -OCH3 is 2. The van der Waals surface area contributed by atoms with Gasteiger partial charge in [0, 0.05) is 0 Å². The molecule has 31 heavy (non-hydrogen) atoms. The molecule has 0 bridgehead atoms. The van der Waals surface area contributed by atoms with Crippen LogP contribution in [-0.4, -0.2) is 48.7 Å². The largest absolute Gasteiger partial charge is 0.493 e. The first-order valence-electron chi connectivity index (χ1n) is 9.11. The molecule has 3 rings (SSSR count). The van der Waals surface area contributed by atoms with E-state index in [1.165, 1.54) is 26.4 Å². The van der Waals surface area contributed by atoms with E-state index in [2.05, 4.69) is 4.74 Å². The van der Waals surface area contributed by atoms with Crippen molar-refractivity contribution in [3.63, 3.8) is 0 Å². The number of nitrogens with zero attached hydrogens (tertiary/aromatic N) is 1. The predicted molar refractivity (Wildman–Crippen MR) is 114 cm³/mol. The Morgan fingerprint density at radius 3 is 2.39 bits per heavy atom. The Morgan fingerprint density at radius 2 is 1.74 bits per heavy atom. The fourth-order valence-corrected chi connectivity index (χ4v) is 3.53. The summed E-state index contributed by atoms with van der Waals surface area (Å²) in [6.07, 6.45) is 1.50. The number of benzene rings is 2. The highest BCUT2D eigenvalue weighted by molar-refractivity contribution is 8.18. The number of imide groups is 1. The number of thioether (sulfide) groups is 1. The van der Waals surface area contributed by atoms with Gasteiger partial charge in [0.05, 0.1) is 24.7 Å². The molecule has 160 valence electrons. The lowest BCUT2D eigenvalue weighted by atomic mass is 10.1. The van der Waals surface area contributed by atoms with E-state index in [0.717, 1.165) is 22.2 Å². The first-order chi connectivity index (χ1) is 14.8. The second-order valence-electron chi connectivity index (χ2n) is 6.51. The van der Waals surface area contributed by atoms with Crippen LogP contribution in [0.1, 0.15) is 21.5 Å². The number of amides is 2. The van der Waals surface area contributed by atoms with Gasteiger partial charge in [0.1, 0.15) is 6.54 Å². The summed E-state index contributed by atoms with van der Waals surface area (Å²) in [5.41, 5.74) is 1.97. The highest BCUT2D eigenvalue weighted by atomic mass is 32.2. The van der Waals surface area contributed by atoms with Crippen molar-refractivity contribution in [1.29, 1.82) is 0 Å². The first kappa shape index (κ1) is 22.1. The molecule has 0 atom stereocenters. The molecule has 2 aromatic carbocycles. The van der Waals surface area contributed by atoms with Crippen LogP contribution in [0.3, 0.4) is 0 Å². The first-order valence-corrected chi connectivity index (χ1v) is 9.93. The van der Waals surface area contributed by atoms with Crippen molar-refractivity contribution in [3.05, 3.63) is 64.1 Å². The van der Waals surface area contributed by atoms with Gasteiger partial charge in [0.15, 0.2) is 11.5 Å². The van der Waals surface area contributed by atoms with Crippen LogP contribution < -0.4 is 9.47 Å². The SMILES string of the molecule is COC(=O)CN1C(=O)S/C(=C\c2ccc(OC(=O)c3ccc(C)cc3)c(OC)c2)C1=O. The zero-order chi connectivity index (χ0) is 22.5. The van der Waals surface area contributed by atoms with Crippen LogP contribution >= 0.6 is 11.8 Å². The Bertz CT molecular complexity index is 1080. The summed E-state index contributed by atoms with van der Waals surface area (Å²) < 4.78 is 15.2. The third-order valence-electron chi connectivity index (χ3n) is 4.36. The quantitative estimate of drug-likeness (QED) is 0.382. The molecule has 0 unspecified atom stereocenters. The lowest BCUT2D eigenvalue weighted by Gasteiger charge is -2.11. The third-order valence-corrected chi connectivity index (χ3v) is 5.27. The predicted octanol–water partition coefficient (Wildman–Crippen LogP) is 3.43. The number of carbonyl (C=O) groups excluding carboxylic acids is 4. The maximum absolute atomic E-state index is 12.4. The van der Waals surface area contributed by atoms with Crippen molar-refractivity contribution in [1.82, 2.24) is 4.90 Å². The van der Waals surface area contributed by atoms with E-state index >= 15 is 0 Å². The molecular formula is C22H19NO7S. The minimum atomic E-state index is -0.690. The maximum Gasteiger partial charge on any atom is 0.343 e. The molecule has 0 radical (unpaired) electrons. The smallest absolute Gasteiger partial charge is 0.343 e. The number of aryl methyl sites for hydroxylation is 1. The Labute approximate surface area is 182 Å². The number of hydrogen-bond acceptors (Lipinski definition) is 8. The Balaban J connectivity index is 1.79. The molecule has 0 aliphatic carbocycles. The average Bonchev–Trinajstić information content (AvgIpc) is 3.02. The van der Waals surface area contributed by atoms with Gasteiger partial charge in [0.2, 0.25) is 0 Å². The minimum absolute atomic E-state index is 0.153. The van der Waals surface area contributed by atoms with Gasteiger partial charge < -0.3 is 14.2 Å². The molecule has 0 N–H and O–H groups in total. The molecule has 1 fully saturated rings. The van der Waals surface area contributed by atoms with Gasteiger partial charge in [-0.1, -0.05) is 23.8 Å². The number of ether oxygens (including phenoxy) is 3. The van der Waals surface area contributed by atoms with E-state index in [-0.39, 0.29) is 16.4 Å². The van der Waals surface area contributed by atoms with Crippen LogP contribution in [0.2, 0.25) is 0 Å². The van der Waals surface area contributed by atoms with Crippen molar-refractivity contribution >= 4 is 40.9 Å². The summed E-state index contributed by atoms with van der Waals surface area (Å²) in [4.78, 5) is 49.2. The zero-order valence-electron chi connectivity index (χ0n) is 17.0. The normalized spacial score (nSPS) is 14.7. The van der Waals surface area contributed by atoms with E-state index in [1.54, 1.807) is 24.3 Å². The monoisotopic (exact) mass is 441 g/mol. The van der Waals surface area contributed by atoms with Crippen LogP contribution in [-0.2, 0) is 14.3 Å². The van der Waals surface area contributed by atoms with Crippen molar-refractivity contribution in [3.8, 4) is 11.5 Å². The standard InChI is InChI=1S/C22H19NO7S/c1-13-4-7-15(8-5-13)21(26)30-16-9-6-14(10-17(16)28-2)11-18-20(25)23(22(27)31-18)12-19(24)29-3/h4-11H,12H2,1-3H3/b18-11-. The van der Waals surface area contributed by atoms with Gasteiger partial charge in [0.25, 0.3) is 11.1 Å². The fourth-order valence-electron chi connectivity index (χ4n) is 2.69. The average molecular weight is 441 g/mol. The Kier molecular flexibility index (Phi) is 6.76. The van der Waals surface area contributed by atoms with Crippen molar-refractivity contribution in [2.24, 2.45) is 0 Å². The summed E-state index contributed by atoms with van der Waals surface area (Å²) in [5.74, 6) is -1.32. The Hall–Kier alpha value is -3.59. The molecule has 0 aromatic heterocycles. The highest BCUT2D eigenvalue weighted by Gasteiger charge is 2.36. The van der Waals surface area contributed by atoms with Crippen molar-refractivity contribution in [2.45, 2.75) is 6.92 Å². The fraction of sp³-hybridized carbons (Fsp3) is 0.182.